The Morgan fingerprint density at radius 3 is 2.69 bits per heavy atom. The fourth-order valence-corrected chi connectivity index (χ4v) is 4.56. The molecule has 1 aliphatic rings. The van der Waals surface area contributed by atoms with Gasteiger partial charge in [0.2, 0.25) is 0 Å². The zero-order chi connectivity index (χ0) is 22.9. The average molecular weight is 477 g/mol. The topological polar surface area (TPSA) is 83.6 Å². The SMILES string of the molecule is CON1NCc2ccc(C#Cc3c(F)ccc(NS(=O)(=O)c4ccccc4Cl)c3F)nc21. The number of sulfonamides is 1. The van der Waals surface area contributed by atoms with Crippen LogP contribution in [0.2, 0.25) is 5.02 Å². The van der Waals surface area contributed by atoms with Crippen LogP contribution in [0.3, 0.4) is 0 Å². The molecule has 2 N–H and O–H groups in total. The molecule has 0 radical (unpaired) electrons. The van der Waals surface area contributed by atoms with Crippen molar-refractivity contribution >= 4 is 33.1 Å². The van der Waals surface area contributed by atoms with Crippen LogP contribution in [0.4, 0.5) is 20.3 Å². The van der Waals surface area contributed by atoms with Crippen molar-refractivity contribution in [1.29, 1.82) is 0 Å². The van der Waals surface area contributed by atoms with Crippen LogP contribution in [0.5, 0.6) is 0 Å². The second-order valence-electron chi connectivity index (χ2n) is 6.56. The van der Waals surface area contributed by atoms with Crippen LogP contribution in [0.1, 0.15) is 16.8 Å². The van der Waals surface area contributed by atoms with Crippen molar-refractivity contribution in [2.24, 2.45) is 0 Å². The average Bonchev–Trinajstić information content (AvgIpc) is 3.18. The molecular formula is C21H15ClF2N4O3S. The van der Waals surface area contributed by atoms with Crippen molar-refractivity contribution in [2.45, 2.75) is 11.4 Å². The van der Waals surface area contributed by atoms with Crippen molar-refractivity contribution in [3.8, 4) is 11.8 Å². The molecule has 1 aliphatic heterocycles. The molecule has 0 saturated carbocycles. The minimum absolute atomic E-state index is 0.0372. The van der Waals surface area contributed by atoms with Crippen molar-refractivity contribution < 1.29 is 22.0 Å². The van der Waals surface area contributed by atoms with E-state index < -0.39 is 32.9 Å². The van der Waals surface area contributed by atoms with Crippen LogP contribution < -0.4 is 15.3 Å². The molecule has 0 amide bonds. The van der Waals surface area contributed by atoms with Gasteiger partial charge in [-0.3, -0.25) is 9.56 Å². The van der Waals surface area contributed by atoms with E-state index in [9.17, 15) is 17.2 Å². The number of benzene rings is 2. The molecule has 0 atom stereocenters. The van der Waals surface area contributed by atoms with Gasteiger partial charge in [-0.05, 0) is 36.3 Å². The number of anilines is 2. The summed E-state index contributed by atoms with van der Waals surface area (Å²) in [5, 5.41) is 1.32. The Kier molecular flexibility index (Phi) is 5.99. The summed E-state index contributed by atoms with van der Waals surface area (Å²) in [7, 11) is -2.75. The molecular weight excluding hydrogens is 462 g/mol. The van der Waals surface area contributed by atoms with E-state index in [2.05, 4.69) is 27.0 Å². The number of nitrogens with one attached hydrogen (secondary N) is 2. The Morgan fingerprint density at radius 2 is 1.94 bits per heavy atom. The number of hydrazine groups is 1. The predicted octanol–water partition coefficient (Wildman–Crippen LogP) is 3.60. The summed E-state index contributed by atoms with van der Waals surface area (Å²) in [5.41, 5.74) is 2.99. The number of fused-ring (bicyclic) bond motifs is 1. The Hall–Kier alpha value is -3.23. The van der Waals surface area contributed by atoms with Gasteiger partial charge in [-0.2, -0.15) is 5.17 Å². The van der Waals surface area contributed by atoms with Crippen molar-refractivity contribution in [1.82, 2.24) is 10.4 Å². The standard InChI is InChI=1S/C21H15ClF2N4O3S/c1-31-28-21-13(12-25-28)6-7-14(26-21)8-9-15-17(23)10-11-18(20(15)24)27-32(29,30)19-5-3-2-4-16(19)22/h2-7,10-11,25,27H,12H2,1H3. The van der Waals surface area contributed by atoms with Crippen LogP contribution in [0.15, 0.2) is 53.4 Å². The first-order valence-corrected chi connectivity index (χ1v) is 11.0. The summed E-state index contributed by atoms with van der Waals surface area (Å²) in [5.74, 6) is 3.38. The molecule has 2 heterocycles. The fraction of sp³-hybridized carbons (Fsp3) is 0.0952. The molecule has 0 bridgehead atoms. The molecule has 0 aliphatic carbocycles. The number of nitrogens with zero attached hydrogens (tertiary/aromatic N) is 2. The number of rotatable bonds is 4. The van der Waals surface area contributed by atoms with Gasteiger partial charge in [-0.1, -0.05) is 35.7 Å². The van der Waals surface area contributed by atoms with E-state index in [1.54, 1.807) is 18.2 Å². The third-order valence-corrected chi connectivity index (χ3v) is 6.39. The lowest BCUT2D eigenvalue weighted by Crippen LogP contribution is -2.31. The molecule has 0 fully saturated rings. The van der Waals surface area contributed by atoms with Crippen LogP contribution in [0.25, 0.3) is 0 Å². The first kappa shape index (κ1) is 22.0. The smallest absolute Gasteiger partial charge is 0.263 e. The monoisotopic (exact) mass is 476 g/mol. The van der Waals surface area contributed by atoms with Gasteiger partial charge in [0.15, 0.2) is 11.6 Å². The molecule has 0 unspecified atom stereocenters. The van der Waals surface area contributed by atoms with Gasteiger partial charge in [0.05, 0.1) is 23.4 Å². The van der Waals surface area contributed by atoms with Crippen LogP contribution >= 0.6 is 11.6 Å². The summed E-state index contributed by atoms with van der Waals surface area (Å²) in [6.07, 6.45) is 0. The lowest BCUT2D eigenvalue weighted by atomic mass is 10.1. The highest BCUT2D eigenvalue weighted by Gasteiger charge is 2.22. The minimum atomic E-state index is -4.21. The van der Waals surface area contributed by atoms with E-state index in [1.807, 2.05) is 0 Å². The van der Waals surface area contributed by atoms with E-state index >= 15 is 0 Å². The molecule has 32 heavy (non-hydrogen) atoms. The Bertz CT molecular complexity index is 1370. The molecule has 11 heteroatoms. The Balaban J connectivity index is 1.67. The zero-order valence-electron chi connectivity index (χ0n) is 16.5. The van der Waals surface area contributed by atoms with E-state index in [0.29, 0.717) is 12.4 Å². The summed E-state index contributed by atoms with van der Waals surface area (Å²) >= 11 is 5.93. The maximum absolute atomic E-state index is 15.0. The van der Waals surface area contributed by atoms with E-state index in [0.717, 1.165) is 17.7 Å². The highest BCUT2D eigenvalue weighted by molar-refractivity contribution is 7.92. The number of hydrogen-bond donors (Lipinski definition) is 2. The first-order chi connectivity index (χ1) is 15.3. The highest BCUT2D eigenvalue weighted by Crippen LogP contribution is 2.27. The lowest BCUT2D eigenvalue weighted by Gasteiger charge is -2.13. The van der Waals surface area contributed by atoms with Crippen LogP contribution in [-0.2, 0) is 21.4 Å². The molecule has 0 saturated heterocycles. The van der Waals surface area contributed by atoms with Crippen LogP contribution in [0, 0.1) is 23.5 Å². The number of pyridine rings is 1. The first-order valence-electron chi connectivity index (χ1n) is 9.15. The normalized spacial score (nSPS) is 12.8. The van der Waals surface area contributed by atoms with Crippen molar-refractivity contribution in [3.63, 3.8) is 0 Å². The van der Waals surface area contributed by atoms with Crippen LogP contribution in [-0.4, -0.2) is 20.5 Å². The number of aromatic nitrogens is 1. The third kappa shape index (κ3) is 4.24. The van der Waals surface area contributed by atoms with Gasteiger partial charge in [0.1, 0.15) is 16.4 Å². The lowest BCUT2D eigenvalue weighted by molar-refractivity contribution is 0.140. The van der Waals surface area contributed by atoms with Gasteiger partial charge in [0, 0.05) is 12.1 Å². The molecule has 164 valence electrons. The fourth-order valence-electron chi connectivity index (χ4n) is 2.98. The molecule has 7 nitrogen and oxygen atoms in total. The summed E-state index contributed by atoms with van der Waals surface area (Å²) in [4.78, 5) is 9.18. The summed E-state index contributed by atoms with van der Waals surface area (Å²) < 4.78 is 56.5. The summed E-state index contributed by atoms with van der Waals surface area (Å²) in [6, 6.07) is 10.9. The van der Waals surface area contributed by atoms with Gasteiger partial charge < -0.3 is 0 Å². The Labute approximate surface area is 188 Å². The quantitative estimate of drug-likeness (QED) is 0.560. The van der Waals surface area contributed by atoms with E-state index in [4.69, 9.17) is 16.4 Å². The summed E-state index contributed by atoms with van der Waals surface area (Å²) in [6.45, 7) is 0.515. The third-order valence-electron chi connectivity index (χ3n) is 4.52. The van der Waals surface area contributed by atoms with Gasteiger partial charge in [-0.25, -0.2) is 27.6 Å². The zero-order valence-corrected chi connectivity index (χ0v) is 18.1. The maximum Gasteiger partial charge on any atom is 0.263 e. The molecule has 2 aromatic carbocycles. The van der Waals surface area contributed by atoms with Crippen molar-refractivity contribution in [3.05, 3.63) is 82.0 Å². The number of hydrogen-bond acceptors (Lipinski definition) is 6. The number of halogens is 3. The molecule has 0 spiro atoms. The molecule has 1 aromatic heterocycles. The highest BCUT2D eigenvalue weighted by atomic mass is 35.5. The Morgan fingerprint density at radius 1 is 1.16 bits per heavy atom. The molecule has 4 rings (SSSR count). The molecule has 3 aromatic rings. The largest absolute Gasteiger partial charge is 0.277 e. The van der Waals surface area contributed by atoms with Gasteiger partial charge in [0.25, 0.3) is 10.0 Å². The van der Waals surface area contributed by atoms with E-state index in [-0.39, 0.29) is 15.6 Å². The van der Waals surface area contributed by atoms with Crippen molar-refractivity contribution in [2.75, 3.05) is 17.0 Å². The second kappa shape index (κ2) is 8.72. The minimum Gasteiger partial charge on any atom is -0.277 e. The predicted molar refractivity (Wildman–Crippen MR) is 115 cm³/mol. The van der Waals surface area contributed by atoms with Gasteiger partial charge >= 0.3 is 0 Å². The van der Waals surface area contributed by atoms with E-state index in [1.165, 1.54) is 30.5 Å². The maximum atomic E-state index is 15.0. The second-order valence-corrected chi connectivity index (χ2v) is 8.62. The van der Waals surface area contributed by atoms with Gasteiger partial charge in [-0.15, -0.1) is 0 Å².